The fourth-order valence-corrected chi connectivity index (χ4v) is 0.966. The van der Waals surface area contributed by atoms with E-state index in [0.717, 1.165) is 6.92 Å². The number of halogens is 1. The highest BCUT2D eigenvalue weighted by Gasteiger charge is 2.31. The van der Waals surface area contributed by atoms with Gasteiger partial charge in [-0.05, 0) is 0 Å². The number of aldehydes is 1. The summed E-state index contributed by atoms with van der Waals surface area (Å²) >= 11 is 0. The summed E-state index contributed by atoms with van der Waals surface area (Å²) in [5.74, 6) is -0.590. The van der Waals surface area contributed by atoms with Gasteiger partial charge in [-0.15, -0.1) is 0 Å². The molecule has 6 nitrogen and oxygen atoms in total. The molecule has 0 rings (SSSR count). The van der Waals surface area contributed by atoms with E-state index in [9.17, 15) is 19.1 Å². The smallest absolute Gasteiger partial charge is 0.217 e. The Hall–Kier alpha value is -1.05. The molecule has 1 amide bonds. The Morgan fingerprint density at radius 1 is 1.40 bits per heavy atom. The van der Waals surface area contributed by atoms with Crippen molar-refractivity contribution in [1.82, 2.24) is 5.32 Å². The van der Waals surface area contributed by atoms with Crippen molar-refractivity contribution in [3.63, 3.8) is 0 Å². The summed E-state index contributed by atoms with van der Waals surface area (Å²) in [7, 11) is 0. The maximum Gasteiger partial charge on any atom is 0.217 e. The van der Waals surface area contributed by atoms with Crippen LogP contribution in [0.25, 0.3) is 0 Å². The average molecular weight is 223 g/mol. The van der Waals surface area contributed by atoms with Crippen LogP contribution in [0.2, 0.25) is 0 Å². The Bertz CT molecular complexity index is 225. The van der Waals surface area contributed by atoms with Crippen molar-refractivity contribution in [2.45, 2.75) is 31.3 Å². The summed E-state index contributed by atoms with van der Waals surface area (Å²) in [4.78, 5) is 21.0. The minimum Gasteiger partial charge on any atom is -0.388 e. The highest BCUT2D eigenvalue weighted by Crippen LogP contribution is 2.04. The van der Waals surface area contributed by atoms with E-state index in [1.54, 1.807) is 0 Å². The summed E-state index contributed by atoms with van der Waals surface area (Å²) in [6.45, 7) is -0.148. The molecule has 88 valence electrons. The van der Waals surface area contributed by atoms with E-state index in [1.165, 1.54) is 0 Å². The topological polar surface area (TPSA) is 107 Å². The maximum atomic E-state index is 11.9. The fourth-order valence-electron chi connectivity index (χ4n) is 0.966. The lowest BCUT2D eigenvalue weighted by Crippen LogP contribution is -2.52. The van der Waals surface area contributed by atoms with Gasteiger partial charge in [0.1, 0.15) is 37.3 Å². The Morgan fingerprint density at radius 2 is 1.93 bits per heavy atom. The van der Waals surface area contributed by atoms with Crippen LogP contribution in [-0.4, -0.2) is 58.5 Å². The number of nitrogens with one attached hydrogen (secondary N) is 1. The van der Waals surface area contributed by atoms with E-state index in [4.69, 9.17) is 10.2 Å². The van der Waals surface area contributed by atoms with Gasteiger partial charge in [0.25, 0.3) is 0 Å². The molecule has 4 unspecified atom stereocenters. The lowest BCUT2D eigenvalue weighted by atomic mass is 10.0. The SMILES string of the molecule is CC(=O)NC(C=O)C(O)C(O)C(O)CF. The molecular weight excluding hydrogens is 209 g/mol. The Kier molecular flexibility index (Phi) is 5.99. The number of carbonyl (C=O) groups is 2. The molecule has 15 heavy (non-hydrogen) atoms. The van der Waals surface area contributed by atoms with E-state index in [0.29, 0.717) is 0 Å². The Labute approximate surface area is 85.7 Å². The number of hydrogen-bond acceptors (Lipinski definition) is 5. The zero-order chi connectivity index (χ0) is 12.0. The third-order valence-electron chi connectivity index (χ3n) is 1.79. The monoisotopic (exact) mass is 223 g/mol. The second-order valence-electron chi connectivity index (χ2n) is 3.07. The van der Waals surface area contributed by atoms with Crippen LogP contribution in [-0.2, 0) is 9.59 Å². The molecule has 0 aliphatic heterocycles. The van der Waals surface area contributed by atoms with Crippen molar-refractivity contribution in [3.8, 4) is 0 Å². The first-order valence-electron chi connectivity index (χ1n) is 4.26. The van der Waals surface area contributed by atoms with Gasteiger partial charge in [-0.25, -0.2) is 4.39 Å². The summed E-state index contributed by atoms with van der Waals surface area (Å²) in [5, 5.41) is 29.4. The normalized spacial score (nSPS) is 18.7. The van der Waals surface area contributed by atoms with Gasteiger partial charge < -0.3 is 25.4 Å². The Balaban J connectivity index is 4.42. The molecule has 0 aliphatic carbocycles. The number of carbonyl (C=O) groups excluding carboxylic acids is 2. The summed E-state index contributed by atoms with van der Waals surface area (Å²) in [5.41, 5.74) is 0. The predicted octanol–water partition coefficient (Wildman–Crippen LogP) is -2.26. The zero-order valence-electron chi connectivity index (χ0n) is 8.13. The fraction of sp³-hybridized carbons (Fsp3) is 0.750. The summed E-state index contributed by atoms with van der Waals surface area (Å²) in [6.07, 6.45) is -5.19. The standard InChI is InChI=1S/C8H14FNO5/c1-4(12)10-5(3-11)7(14)8(15)6(13)2-9/h3,5-8,13-15H,2H2,1H3,(H,10,12). The minimum atomic E-state index is -1.84. The van der Waals surface area contributed by atoms with Crippen LogP contribution in [0, 0.1) is 0 Å². The van der Waals surface area contributed by atoms with Crippen LogP contribution >= 0.6 is 0 Å². The van der Waals surface area contributed by atoms with Gasteiger partial charge in [-0.2, -0.15) is 0 Å². The van der Waals surface area contributed by atoms with Crippen molar-refractivity contribution < 1.29 is 29.3 Å². The lowest BCUT2D eigenvalue weighted by molar-refractivity contribution is -0.128. The highest BCUT2D eigenvalue weighted by molar-refractivity contribution is 5.77. The third kappa shape index (κ3) is 4.32. The van der Waals surface area contributed by atoms with Crippen LogP contribution < -0.4 is 5.32 Å². The third-order valence-corrected chi connectivity index (χ3v) is 1.79. The first-order chi connectivity index (χ1) is 6.93. The van der Waals surface area contributed by atoms with Crippen LogP contribution in [0.1, 0.15) is 6.92 Å². The Morgan fingerprint density at radius 3 is 2.27 bits per heavy atom. The largest absolute Gasteiger partial charge is 0.388 e. The number of alkyl halides is 1. The van der Waals surface area contributed by atoms with E-state index < -0.39 is 36.9 Å². The van der Waals surface area contributed by atoms with Crippen LogP contribution in [0.3, 0.4) is 0 Å². The zero-order valence-corrected chi connectivity index (χ0v) is 8.13. The molecule has 0 saturated carbocycles. The minimum absolute atomic E-state index is 0.195. The molecule has 4 atom stereocenters. The molecule has 0 saturated heterocycles. The van der Waals surface area contributed by atoms with Gasteiger partial charge >= 0.3 is 0 Å². The number of aliphatic hydroxyl groups excluding tert-OH is 3. The molecule has 0 aromatic carbocycles. The first kappa shape index (κ1) is 13.9. The molecule has 4 N–H and O–H groups in total. The number of aliphatic hydroxyl groups is 3. The molecule has 0 aromatic heterocycles. The van der Waals surface area contributed by atoms with Crippen molar-refractivity contribution in [2.75, 3.05) is 6.67 Å². The molecule has 0 fully saturated rings. The predicted molar refractivity (Wildman–Crippen MR) is 47.7 cm³/mol. The lowest BCUT2D eigenvalue weighted by Gasteiger charge is -2.25. The quantitative estimate of drug-likeness (QED) is 0.380. The number of hydrogen-bond donors (Lipinski definition) is 4. The highest BCUT2D eigenvalue weighted by atomic mass is 19.1. The molecule has 0 aromatic rings. The maximum absolute atomic E-state index is 11.9. The first-order valence-corrected chi connectivity index (χ1v) is 4.26. The van der Waals surface area contributed by atoms with Crippen molar-refractivity contribution in [2.24, 2.45) is 0 Å². The molecule has 7 heteroatoms. The molecule has 0 aliphatic rings. The van der Waals surface area contributed by atoms with Crippen molar-refractivity contribution in [1.29, 1.82) is 0 Å². The van der Waals surface area contributed by atoms with Gasteiger partial charge in [0.05, 0.1) is 0 Å². The van der Waals surface area contributed by atoms with Gasteiger partial charge in [0.2, 0.25) is 5.91 Å². The van der Waals surface area contributed by atoms with Gasteiger partial charge in [0, 0.05) is 6.92 Å². The van der Waals surface area contributed by atoms with Gasteiger partial charge in [0.15, 0.2) is 0 Å². The summed E-state index contributed by atoms with van der Waals surface area (Å²) < 4.78 is 11.9. The second-order valence-corrected chi connectivity index (χ2v) is 3.07. The number of amides is 1. The van der Waals surface area contributed by atoms with Crippen molar-refractivity contribution >= 4 is 12.2 Å². The molecule has 0 bridgehead atoms. The second kappa shape index (κ2) is 6.44. The van der Waals surface area contributed by atoms with E-state index in [-0.39, 0.29) is 6.29 Å². The number of rotatable bonds is 6. The van der Waals surface area contributed by atoms with Crippen molar-refractivity contribution in [3.05, 3.63) is 0 Å². The van der Waals surface area contributed by atoms with Gasteiger partial charge in [-0.1, -0.05) is 0 Å². The van der Waals surface area contributed by atoms with Crippen LogP contribution in [0.4, 0.5) is 4.39 Å². The van der Waals surface area contributed by atoms with Crippen LogP contribution in [0.5, 0.6) is 0 Å². The van der Waals surface area contributed by atoms with E-state index in [1.807, 2.05) is 5.32 Å². The molecule has 0 heterocycles. The van der Waals surface area contributed by atoms with Crippen LogP contribution in [0.15, 0.2) is 0 Å². The van der Waals surface area contributed by atoms with Gasteiger partial charge in [-0.3, -0.25) is 4.79 Å². The van der Waals surface area contributed by atoms with E-state index in [2.05, 4.69) is 0 Å². The average Bonchev–Trinajstić information content (AvgIpc) is 2.22. The summed E-state index contributed by atoms with van der Waals surface area (Å²) in [6, 6.07) is -1.38. The molecule has 0 radical (unpaired) electrons. The van der Waals surface area contributed by atoms with E-state index >= 15 is 0 Å². The molecule has 0 spiro atoms. The molecular formula is C8H14FNO5.